The van der Waals surface area contributed by atoms with E-state index in [0.29, 0.717) is 37.7 Å². The largest absolute Gasteiger partial charge is 0.491 e. The van der Waals surface area contributed by atoms with Gasteiger partial charge >= 0.3 is 6.18 Å². The average molecular weight is 381 g/mol. The molecule has 2 aromatic rings. The summed E-state index contributed by atoms with van der Waals surface area (Å²) in [5.41, 5.74) is -0.680. The van der Waals surface area contributed by atoms with Gasteiger partial charge in [-0.25, -0.2) is 0 Å². The van der Waals surface area contributed by atoms with E-state index in [1.165, 1.54) is 18.2 Å². The summed E-state index contributed by atoms with van der Waals surface area (Å²) in [6, 6.07) is 7.58. The van der Waals surface area contributed by atoms with Crippen LogP contribution in [0.5, 0.6) is 17.2 Å². The maximum atomic E-state index is 13.0. The highest BCUT2D eigenvalue weighted by molar-refractivity contribution is 6.05. The minimum atomic E-state index is -4.53. The Bertz CT molecular complexity index is 836. The first-order valence-corrected chi connectivity index (χ1v) is 8.43. The molecule has 2 aromatic carbocycles. The Morgan fingerprint density at radius 2 is 1.85 bits per heavy atom. The standard InChI is InChI=1S/C19H18F3NO4/c1-2-7-25-15-6-4-13(19(20,21)22)11-14(15)23-18(24)12-3-5-16-17(10-12)27-9-8-26-16/h3-6,10-11H,2,7-9H2,1H3,(H,23,24). The van der Waals surface area contributed by atoms with Gasteiger partial charge in [0.25, 0.3) is 5.91 Å². The normalized spacial score (nSPS) is 13.2. The molecule has 0 fully saturated rings. The van der Waals surface area contributed by atoms with E-state index in [2.05, 4.69) is 5.32 Å². The van der Waals surface area contributed by atoms with Crippen LogP contribution >= 0.6 is 0 Å². The van der Waals surface area contributed by atoms with Gasteiger partial charge in [-0.3, -0.25) is 4.79 Å². The third-order valence-electron chi connectivity index (χ3n) is 3.82. The molecular weight excluding hydrogens is 363 g/mol. The molecule has 1 N–H and O–H groups in total. The SMILES string of the molecule is CCCOc1ccc(C(F)(F)F)cc1NC(=O)c1ccc2c(c1)OCCO2. The molecule has 0 bridgehead atoms. The summed E-state index contributed by atoms with van der Waals surface area (Å²) in [6.07, 6.45) is -3.85. The van der Waals surface area contributed by atoms with Crippen LogP contribution in [0.15, 0.2) is 36.4 Å². The van der Waals surface area contributed by atoms with Crippen LogP contribution in [0.4, 0.5) is 18.9 Å². The molecule has 0 saturated carbocycles. The first-order chi connectivity index (χ1) is 12.9. The number of rotatable bonds is 5. The van der Waals surface area contributed by atoms with Gasteiger partial charge in [-0.15, -0.1) is 0 Å². The van der Waals surface area contributed by atoms with Gasteiger partial charge in [0.15, 0.2) is 11.5 Å². The average Bonchev–Trinajstić information content (AvgIpc) is 2.65. The fraction of sp³-hybridized carbons (Fsp3) is 0.316. The molecule has 3 rings (SSSR count). The fourth-order valence-electron chi connectivity index (χ4n) is 2.52. The van der Waals surface area contributed by atoms with Crippen LogP contribution in [0.1, 0.15) is 29.3 Å². The van der Waals surface area contributed by atoms with Gasteiger partial charge in [-0.2, -0.15) is 13.2 Å². The number of ether oxygens (including phenoxy) is 3. The lowest BCUT2D eigenvalue weighted by Gasteiger charge is -2.19. The van der Waals surface area contributed by atoms with Crippen molar-refractivity contribution in [3.05, 3.63) is 47.5 Å². The van der Waals surface area contributed by atoms with Crippen molar-refractivity contribution in [1.29, 1.82) is 0 Å². The van der Waals surface area contributed by atoms with Crippen molar-refractivity contribution >= 4 is 11.6 Å². The Labute approximate surface area is 154 Å². The van der Waals surface area contributed by atoms with Gasteiger partial charge < -0.3 is 19.5 Å². The van der Waals surface area contributed by atoms with Crippen LogP contribution in [-0.2, 0) is 6.18 Å². The van der Waals surface area contributed by atoms with Crippen molar-refractivity contribution in [2.24, 2.45) is 0 Å². The van der Waals surface area contributed by atoms with E-state index in [0.717, 1.165) is 12.1 Å². The van der Waals surface area contributed by atoms with Gasteiger partial charge in [-0.1, -0.05) is 6.92 Å². The molecule has 1 heterocycles. The van der Waals surface area contributed by atoms with E-state index in [1.54, 1.807) is 6.07 Å². The van der Waals surface area contributed by atoms with Crippen molar-refractivity contribution in [2.45, 2.75) is 19.5 Å². The van der Waals surface area contributed by atoms with Crippen LogP contribution in [0, 0.1) is 0 Å². The maximum absolute atomic E-state index is 13.0. The van der Waals surface area contributed by atoms with Crippen LogP contribution in [0.2, 0.25) is 0 Å². The number of fused-ring (bicyclic) bond motifs is 1. The second-order valence-corrected chi connectivity index (χ2v) is 5.87. The zero-order valence-electron chi connectivity index (χ0n) is 14.6. The van der Waals surface area contributed by atoms with E-state index in [4.69, 9.17) is 14.2 Å². The summed E-state index contributed by atoms with van der Waals surface area (Å²) in [6.45, 7) is 2.97. The molecule has 1 aliphatic rings. The highest BCUT2D eigenvalue weighted by atomic mass is 19.4. The highest BCUT2D eigenvalue weighted by Crippen LogP contribution is 2.36. The van der Waals surface area contributed by atoms with Crippen molar-refractivity contribution in [1.82, 2.24) is 0 Å². The van der Waals surface area contributed by atoms with Crippen molar-refractivity contribution in [3.8, 4) is 17.2 Å². The van der Waals surface area contributed by atoms with E-state index < -0.39 is 17.6 Å². The van der Waals surface area contributed by atoms with Crippen molar-refractivity contribution in [2.75, 3.05) is 25.1 Å². The number of carbonyl (C=O) groups excluding carboxylic acids is 1. The third-order valence-corrected chi connectivity index (χ3v) is 3.82. The Hall–Kier alpha value is -2.90. The molecule has 0 aromatic heterocycles. The second kappa shape index (κ2) is 7.77. The smallest absolute Gasteiger partial charge is 0.416 e. The molecule has 0 spiro atoms. The van der Waals surface area contributed by atoms with Gasteiger partial charge in [0.05, 0.1) is 17.9 Å². The molecule has 27 heavy (non-hydrogen) atoms. The number of nitrogens with one attached hydrogen (secondary N) is 1. The first kappa shape index (κ1) is 18.9. The summed E-state index contributed by atoms with van der Waals surface area (Å²) in [7, 11) is 0. The minimum Gasteiger partial charge on any atom is -0.491 e. The third kappa shape index (κ3) is 4.45. The molecule has 1 aliphatic heterocycles. The lowest BCUT2D eigenvalue weighted by molar-refractivity contribution is -0.137. The Balaban J connectivity index is 1.87. The number of carbonyl (C=O) groups is 1. The van der Waals surface area contributed by atoms with Gasteiger partial charge in [0.2, 0.25) is 0 Å². The number of benzene rings is 2. The molecule has 5 nitrogen and oxygen atoms in total. The number of amides is 1. The molecule has 0 radical (unpaired) electrons. The number of anilines is 1. The molecular formula is C19H18F3NO4. The summed E-state index contributed by atoms with van der Waals surface area (Å²) in [5, 5.41) is 2.49. The summed E-state index contributed by atoms with van der Waals surface area (Å²) in [4.78, 5) is 12.5. The summed E-state index contributed by atoms with van der Waals surface area (Å²) >= 11 is 0. The Morgan fingerprint density at radius 1 is 1.11 bits per heavy atom. The van der Waals surface area contributed by atoms with Crippen LogP contribution in [0.3, 0.4) is 0 Å². The number of alkyl halides is 3. The summed E-state index contributed by atoms with van der Waals surface area (Å²) < 4.78 is 55.3. The van der Waals surface area contributed by atoms with E-state index in [-0.39, 0.29) is 17.0 Å². The fourth-order valence-corrected chi connectivity index (χ4v) is 2.52. The molecule has 0 saturated heterocycles. The highest BCUT2D eigenvalue weighted by Gasteiger charge is 2.31. The number of hydrogen-bond acceptors (Lipinski definition) is 4. The maximum Gasteiger partial charge on any atom is 0.416 e. The minimum absolute atomic E-state index is 0.0434. The lowest BCUT2D eigenvalue weighted by atomic mass is 10.1. The molecule has 144 valence electrons. The van der Waals surface area contributed by atoms with Crippen molar-refractivity contribution < 1.29 is 32.2 Å². The molecule has 0 aliphatic carbocycles. The molecule has 0 unspecified atom stereocenters. The number of hydrogen-bond donors (Lipinski definition) is 1. The predicted octanol–water partition coefficient (Wildman–Crippen LogP) is 4.52. The zero-order valence-corrected chi connectivity index (χ0v) is 14.6. The molecule has 8 heteroatoms. The van der Waals surface area contributed by atoms with Gasteiger partial charge in [-0.05, 0) is 42.8 Å². The monoisotopic (exact) mass is 381 g/mol. The molecule has 0 atom stereocenters. The first-order valence-electron chi connectivity index (χ1n) is 8.43. The second-order valence-electron chi connectivity index (χ2n) is 5.87. The topological polar surface area (TPSA) is 56.8 Å². The van der Waals surface area contributed by atoms with E-state index in [1.807, 2.05) is 6.92 Å². The molecule has 1 amide bonds. The predicted molar refractivity (Wildman–Crippen MR) is 92.6 cm³/mol. The van der Waals surface area contributed by atoms with Gasteiger partial charge in [0.1, 0.15) is 19.0 Å². The number of halogens is 3. The van der Waals surface area contributed by atoms with E-state index >= 15 is 0 Å². The summed E-state index contributed by atoms with van der Waals surface area (Å²) in [5.74, 6) is 0.535. The Kier molecular flexibility index (Phi) is 5.43. The van der Waals surface area contributed by atoms with Crippen LogP contribution < -0.4 is 19.5 Å². The zero-order chi connectivity index (χ0) is 19.4. The van der Waals surface area contributed by atoms with Crippen molar-refractivity contribution in [3.63, 3.8) is 0 Å². The van der Waals surface area contributed by atoms with E-state index in [9.17, 15) is 18.0 Å². The Morgan fingerprint density at radius 3 is 2.56 bits per heavy atom. The van der Waals surface area contributed by atoms with Gasteiger partial charge in [0, 0.05) is 5.56 Å². The lowest BCUT2D eigenvalue weighted by Crippen LogP contribution is -2.18. The van der Waals surface area contributed by atoms with Crippen LogP contribution in [0.25, 0.3) is 0 Å². The quantitative estimate of drug-likeness (QED) is 0.828. The van der Waals surface area contributed by atoms with Crippen LogP contribution in [-0.4, -0.2) is 25.7 Å².